The molecule has 1 nitrogen and oxygen atoms in total. The van der Waals surface area contributed by atoms with E-state index in [4.69, 9.17) is 5.73 Å². The predicted octanol–water partition coefficient (Wildman–Crippen LogP) is 3.80. The van der Waals surface area contributed by atoms with Crippen LogP contribution in [0.2, 0.25) is 0 Å². The average molecular weight is 275 g/mol. The SMILES string of the molecule is Cc1ccc(CC(N)CSc2ccc(F)cc2)cc1. The van der Waals surface area contributed by atoms with Gasteiger partial charge in [-0.15, -0.1) is 11.8 Å². The molecule has 2 N–H and O–H groups in total. The number of aryl methyl sites for hydroxylation is 1. The standard InChI is InChI=1S/C16H18FNS/c1-12-2-4-13(5-3-12)10-15(18)11-19-16-8-6-14(17)7-9-16/h2-9,15H,10-11,18H2,1H3. The molecule has 2 aromatic carbocycles. The fourth-order valence-corrected chi connectivity index (χ4v) is 2.67. The maximum Gasteiger partial charge on any atom is 0.123 e. The molecule has 19 heavy (non-hydrogen) atoms. The van der Waals surface area contributed by atoms with Crippen LogP contribution in [-0.4, -0.2) is 11.8 Å². The first-order valence-electron chi connectivity index (χ1n) is 6.33. The van der Waals surface area contributed by atoms with Crippen LogP contribution in [0.25, 0.3) is 0 Å². The van der Waals surface area contributed by atoms with E-state index in [0.29, 0.717) is 0 Å². The van der Waals surface area contributed by atoms with Gasteiger partial charge in [-0.2, -0.15) is 0 Å². The fraction of sp³-hybridized carbons (Fsp3) is 0.250. The Kier molecular flexibility index (Phi) is 5.00. The zero-order chi connectivity index (χ0) is 13.7. The zero-order valence-corrected chi connectivity index (χ0v) is 11.8. The summed E-state index contributed by atoms with van der Waals surface area (Å²) in [5, 5.41) is 0. The smallest absolute Gasteiger partial charge is 0.123 e. The molecule has 0 heterocycles. The minimum absolute atomic E-state index is 0.109. The summed E-state index contributed by atoms with van der Waals surface area (Å²) >= 11 is 1.67. The fourth-order valence-electron chi connectivity index (χ4n) is 1.82. The summed E-state index contributed by atoms with van der Waals surface area (Å²) in [6.07, 6.45) is 0.870. The predicted molar refractivity (Wildman–Crippen MR) is 80.0 cm³/mol. The summed E-state index contributed by atoms with van der Waals surface area (Å²) in [6, 6.07) is 15.1. The van der Waals surface area contributed by atoms with Crippen LogP contribution in [0.5, 0.6) is 0 Å². The van der Waals surface area contributed by atoms with Crippen molar-refractivity contribution in [2.75, 3.05) is 5.75 Å². The summed E-state index contributed by atoms with van der Waals surface area (Å²) in [7, 11) is 0. The topological polar surface area (TPSA) is 26.0 Å². The van der Waals surface area contributed by atoms with Gasteiger partial charge >= 0.3 is 0 Å². The molecule has 2 aromatic rings. The lowest BCUT2D eigenvalue weighted by Crippen LogP contribution is -2.25. The number of benzene rings is 2. The summed E-state index contributed by atoms with van der Waals surface area (Å²) in [6.45, 7) is 2.08. The van der Waals surface area contributed by atoms with Gasteiger partial charge in [-0.3, -0.25) is 0 Å². The van der Waals surface area contributed by atoms with E-state index >= 15 is 0 Å². The van der Waals surface area contributed by atoms with Crippen molar-refractivity contribution >= 4 is 11.8 Å². The van der Waals surface area contributed by atoms with Crippen molar-refractivity contribution in [3.05, 3.63) is 65.5 Å². The van der Waals surface area contributed by atoms with E-state index in [2.05, 4.69) is 31.2 Å². The Hall–Kier alpha value is -1.32. The molecule has 0 saturated heterocycles. The molecule has 0 radical (unpaired) electrons. The molecule has 0 aliphatic carbocycles. The third kappa shape index (κ3) is 4.69. The van der Waals surface area contributed by atoms with E-state index in [1.54, 1.807) is 23.9 Å². The molecule has 100 valence electrons. The van der Waals surface area contributed by atoms with Crippen LogP contribution < -0.4 is 5.73 Å². The van der Waals surface area contributed by atoms with E-state index in [-0.39, 0.29) is 11.9 Å². The maximum atomic E-state index is 12.8. The number of hydrogen-bond donors (Lipinski definition) is 1. The van der Waals surface area contributed by atoms with Gasteiger partial charge < -0.3 is 5.73 Å². The average Bonchev–Trinajstić information content (AvgIpc) is 2.41. The first-order valence-corrected chi connectivity index (χ1v) is 7.31. The summed E-state index contributed by atoms with van der Waals surface area (Å²) < 4.78 is 12.8. The normalized spacial score (nSPS) is 12.4. The van der Waals surface area contributed by atoms with E-state index in [1.165, 1.54) is 23.3 Å². The molecule has 0 amide bonds. The first kappa shape index (κ1) is 14.1. The van der Waals surface area contributed by atoms with Crippen LogP contribution in [0, 0.1) is 12.7 Å². The molecule has 0 fully saturated rings. The number of nitrogens with two attached hydrogens (primary N) is 1. The van der Waals surface area contributed by atoms with Gasteiger partial charge in [0.05, 0.1) is 0 Å². The summed E-state index contributed by atoms with van der Waals surface area (Å²) in [4.78, 5) is 1.06. The third-order valence-corrected chi connectivity index (χ3v) is 4.10. The largest absolute Gasteiger partial charge is 0.327 e. The molecule has 0 aliphatic rings. The van der Waals surface area contributed by atoms with E-state index in [9.17, 15) is 4.39 Å². The van der Waals surface area contributed by atoms with E-state index in [0.717, 1.165) is 17.1 Å². The molecular weight excluding hydrogens is 257 g/mol. The molecular formula is C16H18FNS. The Morgan fingerprint density at radius 1 is 1.05 bits per heavy atom. The highest BCUT2D eigenvalue weighted by Crippen LogP contribution is 2.19. The molecule has 1 atom stereocenters. The molecule has 2 rings (SSSR count). The van der Waals surface area contributed by atoms with Crippen molar-refractivity contribution in [1.82, 2.24) is 0 Å². The minimum atomic E-state index is -0.201. The van der Waals surface area contributed by atoms with Gasteiger partial charge in [0.15, 0.2) is 0 Å². The quantitative estimate of drug-likeness (QED) is 0.840. The lowest BCUT2D eigenvalue weighted by molar-refractivity contribution is 0.626. The second-order valence-electron chi connectivity index (χ2n) is 4.71. The van der Waals surface area contributed by atoms with Gasteiger partial charge in [-0.05, 0) is 43.2 Å². The van der Waals surface area contributed by atoms with Crippen LogP contribution in [-0.2, 0) is 6.42 Å². The molecule has 1 unspecified atom stereocenters. The van der Waals surface area contributed by atoms with Crippen molar-refractivity contribution in [2.24, 2.45) is 5.73 Å². The molecule has 0 saturated carbocycles. The monoisotopic (exact) mass is 275 g/mol. The summed E-state index contributed by atoms with van der Waals surface area (Å²) in [5.74, 6) is 0.632. The van der Waals surface area contributed by atoms with Crippen LogP contribution in [0.4, 0.5) is 4.39 Å². The Bertz CT molecular complexity index is 507. The van der Waals surface area contributed by atoms with Gasteiger partial charge in [0.2, 0.25) is 0 Å². The zero-order valence-electron chi connectivity index (χ0n) is 11.0. The number of halogens is 1. The van der Waals surface area contributed by atoms with Gasteiger partial charge in [-0.1, -0.05) is 29.8 Å². The van der Waals surface area contributed by atoms with Crippen molar-refractivity contribution in [2.45, 2.75) is 24.3 Å². The Labute approximate surface area is 118 Å². The Morgan fingerprint density at radius 3 is 2.32 bits per heavy atom. The molecule has 0 aliphatic heterocycles. The van der Waals surface area contributed by atoms with Gasteiger partial charge in [0.25, 0.3) is 0 Å². The van der Waals surface area contributed by atoms with Crippen molar-refractivity contribution in [3.8, 4) is 0 Å². The maximum absolute atomic E-state index is 12.8. The highest BCUT2D eigenvalue weighted by atomic mass is 32.2. The van der Waals surface area contributed by atoms with E-state index in [1.807, 2.05) is 0 Å². The second-order valence-corrected chi connectivity index (χ2v) is 5.81. The molecule has 0 bridgehead atoms. The summed E-state index contributed by atoms with van der Waals surface area (Å²) in [5.41, 5.74) is 8.65. The lowest BCUT2D eigenvalue weighted by atomic mass is 10.1. The lowest BCUT2D eigenvalue weighted by Gasteiger charge is -2.11. The van der Waals surface area contributed by atoms with Gasteiger partial charge in [0.1, 0.15) is 5.82 Å². The highest BCUT2D eigenvalue weighted by Gasteiger charge is 2.05. The Morgan fingerprint density at radius 2 is 1.68 bits per heavy atom. The third-order valence-electron chi connectivity index (χ3n) is 2.90. The Balaban J connectivity index is 1.82. The van der Waals surface area contributed by atoms with Crippen LogP contribution in [0.3, 0.4) is 0 Å². The number of hydrogen-bond acceptors (Lipinski definition) is 2. The van der Waals surface area contributed by atoms with Crippen LogP contribution in [0.15, 0.2) is 53.4 Å². The minimum Gasteiger partial charge on any atom is -0.327 e. The van der Waals surface area contributed by atoms with Crippen LogP contribution in [0.1, 0.15) is 11.1 Å². The number of thioether (sulfide) groups is 1. The van der Waals surface area contributed by atoms with Crippen molar-refractivity contribution in [1.29, 1.82) is 0 Å². The second kappa shape index (κ2) is 6.73. The van der Waals surface area contributed by atoms with Crippen LogP contribution >= 0.6 is 11.8 Å². The number of rotatable bonds is 5. The van der Waals surface area contributed by atoms with Crippen molar-refractivity contribution in [3.63, 3.8) is 0 Å². The molecule has 0 aromatic heterocycles. The first-order chi connectivity index (χ1) is 9.13. The molecule has 0 spiro atoms. The van der Waals surface area contributed by atoms with E-state index < -0.39 is 0 Å². The molecule has 3 heteroatoms. The van der Waals surface area contributed by atoms with Gasteiger partial charge in [-0.25, -0.2) is 4.39 Å². The van der Waals surface area contributed by atoms with Crippen molar-refractivity contribution < 1.29 is 4.39 Å². The highest BCUT2D eigenvalue weighted by molar-refractivity contribution is 7.99. The van der Waals surface area contributed by atoms with Gasteiger partial charge in [0, 0.05) is 16.7 Å².